The first-order valence-corrected chi connectivity index (χ1v) is 6.26. The summed E-state index contributed by atoms with van der Waals surface area (Å²) in [7, 11) is 1.60. The van der Waals surface area contributed by atoms with Crippen LogP contribution in [-0.4, -0.2) is 25.2 Å². The molecule has 0 saturated heterocycles. The topological polar surface area (TPSA) is 52.3 Å². The van der Waals surface area contributed by atoms with E-state index < -0.39 is 6.04 Å². The van der Waals surface area contributed by atoms with Gasteiger partial charge in [0.15, 0.2) is 5.78 Å². The van der Waals surface area contributed by atoms with Gasteiger partial charge in [-0.05, 0) is 37.8 Å². The van der Waals surface area contributed by atoms with Crippen molar-refractivity contribution in [1.82, 2.24) is 0 Å². The van der Waals surface area contributed by atoms with Gasteiger partial charge in [-0.1, -0.05) is 0 Å². The second-order valence-corrected chi connectivity index (χ2v) is 4.52. The zero-order chi connectivity index (χ0) is 12.3. The second-order valence-electron chi connectivity index (χ2n) is 3.68. The quantitative estimate of drug-likeness (QED) is 0.647. The number of ether oxygens (including phenoxy) is 1. The SMILES string of the molecule is COc1cc(C(=O)C(C)N)c(SC)cc1C. The molecule has 0 aliphatic heterocycles. The number of benzene rings is 1. The van der Waals surface area contributed by atoms with Crippen molar-refractivity contribution in [2.45, 2.75) is 24.8 Å². The van der Waals surface area contributed by atoms with Crippen LogP contribution in [0.25, 0.3) is 0 Å². The average molecular weight is 239 g/mol. The lowest BCUT2D eigenvalue weighted by Crippen LogP contribution is -2.27. The van der Waals surface area contributed by atoms with Crippen LogP contribution in [0.15, 0.2) is 17.0 Å². The molecule has 1 aromatic carbocycles. The van der Waals surface area contributed by atoms with E-state index in [2.05, 4.69) is 0 Å². The maximum Gasteiger partial charge on any atom is 0.180 e. The number of hydrogen-bond donors (Lipinski definition) is 1. The van der Waals surface area contributed by atoms with E-state index in [1.54, 1.807) is 31.9 Å². The first-order valence-electron chi connectivity index (χ1n) is 5.03. The summed E-state index contributed by atoms with van der Waals surface area (Å²) in [6.07, 6.45) is 1.94. The fourth-order valence-electron chi connectivity index (χ4n) is 1.49. The molecule has 1 rings (SSSR count). The monoisotopic (exact) mass is 239 g/mol. The predicted molar refractivity (Wildman–Crippen MR) is 67.5 cm³/mol. The van der Waals surface area contributed by atoms with Crippen LogP contribution in [-0.2, 0) is 0 Å². The van der Waals surface area contributed by atoms with Gasteiger partial charge in [0.05, 0.1) is 13.2 Å². The highest BCUT2D eigenvalue weighted by atomic mass is 32.2. The Morgan fingerprint density at radius 2 is 2.12 bits per heavy atom. The van der Waals surface area contributed by atoms with Gasteiger partial charge in [0.25, 0.3) is 0 Å². The molecule has 3 nitrogen and oxygen atoms in total. The van der Waals surface area contributed by atoms with Gasteiger partial charge in [-0.3, -0.25) is 4.79 Å². The Morgan fingerprint density at radius 3 is 2.56 bits per heavy atom. The number of ketones is 1. The molecule has 0 saturated carbocycles. The molecular weight excluding hydrogens is 222 g/mol. The highest BCUT2D eigenvalue weighted by Gasteiger charge is 2.17. The maximum atomic E-state index is 11.9. The second kappa shape index (κ2) is 5.37. The molecule has 0 fully saturated rings. The Hall–Kier alpha value is -1.00. The van der Waals surface area contributed by atoms with E-state index >= 15 is 0 Å². The molecule has 1 atom stereocenters. The number of carbonyl (C=O) groups is 1. The number of nitrogens with two attached hydrogens (primary N) is 1. The molecule has 1 aromatic rings. The minimum absolute atomic E-state index is 0.0531. The molecule has 0 spiro atoms. The van der Waals surface area contributed by atoms with Crippen LogP contribution in [0.4, 0.5) is 0 Å². The van der Waals surface area contributed by atoms with Crippen molar-refractivity contribution in [3.8, 4) is 5.75 Å². The third-order valence-electron chi connectivity index (χ3n) is 2.40. The summed E-state index contributed by atoms with van der Waals surface area (Å²) in [4.78, 5) is 12.9. The molecule has 2 N–H and O–H groups in total. The Bertz CT molecular complexity index is 402. The molecular formula is C12H17NO2S. The number of thioether (sulfide) groups is 1. The smallest absolute Gasteiger partial charge is 0.180 e. The standard InChI is InChI=1S/C12H17NO2S/c1-7-5-11(16-4)9(6-10(7)15-3)12(14)8(2)13/h5-6,8H,13H2,1-4H3. The molecule has 0 aromatic heterocycles. The summed E-state index contributed by atoms with van der Waals surface area (Å²) in [5, 5.41) is 0. The lowest BCUT2D eigenvalue weighted by atomic mass is 10.0. The largest absolute Gasteiger partial charge is 0.496 e. The third-order valence-corrected chi connectivity index (χ3v) is 3.17. The highest BCUT2D eigenvalue weighted by Crippen LogP contribution is 2.29. The molecule has 16 heavy (non-hydrogen) atoms. The molecule has 0 heterocycles. The number of methoxy groups -OCH3 is 1. The van der Waals surface area contributed by atoms with Gasteiger partial charge in [0.1, 0.15) is 5.75 Å². The number of rotatable bonds is 4. The van der Waals surface area contributed by atoms with Crippen molar-refractivity contribution in [3.63, 3.8) is 0 Å². The van der Waals surface area contributed by atoms with Crippen molar-refractivity contribution in [2.24, 2.45) is 5.73 Å². The van der Waals surface area contributed by atoms with Crippen molar-refractivity contribution >= 4 is 17.5 Å². The molecule has 0 amide bonds. The van der Waals surface area contributed by atoms with Crippen molar-refractivity contribution in [1.29, 1.82) is 0 Å². The van der Waals surface area contributed by atoms with Gasteiger partial charge in [-0.25, -0.2) is 0 Å². The van der Waals surface area contributed by atoms with Gasteiger partial charge in [-0.2, -0.15) is 0 Å². The van der Waals surface area contributed by atoms with Crippen LogP contribution in [0.1, 0.15) is 22.8 Å². The summed E-state index contributed by atoms with van der Waals surface area (Å²) in [5.41, 5.74) is 7.29. The van der Waals surface area contributed by atoms with Crippen LogP contribution >= 0.6 is 11.8 Å². The van der Waals surface area contributed by atoms with Crippen LogP contribution in [0, 0.1) is 6.92 Å². The minimum Gasteiger partial charge on any atom is -0.496 e. The normalized spacial score (nSPS) is 12.3. The van der Waals surface area contributed by atoms with Crippen LogP contribution in [0.2, 0.25) is 0 Å². The van der Waals surface area contributed by atoms with Gasteiger partial charge in [0, 0.05) is 10.5 Å². The molecule has 4 heteroatoms. The van der Waals surface area contributed by atoms with E-state index in [-0.39, 0.29) is 5.78 Å². The molecule has 0 bridgehead atoms. The van der Waals surface area contributed by atoms with Crippen LogP contribution < -0.4 is 10.5 Å². The first-order chi connectivity index (χ1) is 7.51. The fraction of sp³-hybridized carbons (Fsp3) is 0.417. The van der Waals surface area contributed by atoms with Gasteiger partial charge in [0.2, 0.25) is 0 Å². The summed E-state index contributed by atoms with van der Waals surface area (Å²) < 4.78 is 5.21. The molecule has 0 aliphatic carbocycles. The number of hydrogen-bond acceptors (Lipinski definition) is 4. The fourth-order valence-corrected chi connectivity index (χ4v) is 2.16. The number of Topliss-reactive ketones (excluding diaryl/α,β-unsaturated/α-hetero) is 1. The summed E-state index contributed by atoms with van der Waals surface area (Å²) in [5.74, 6) is 0.671. The Labute approximate surface area is 100 Å². The Morgan fingerprint density at radius 1 is 1.50 bits per heavy atom. The average Bonchev–Trinajstić information content (AvgIpc) is 2.27. The van der Waals surface area contributed by atoms with Crippen molar-refractivity contribution in [3.05, 3.63) is 23.3 Å². The Kier molecular flexibility index (Phi) is 4.38. The summed E-state index contributed by atoms with van der Waals surface area (Å²) >= 11 is 1.54. The lowest BCUT2D eigenvalue weighted by Gasteiger charge is -2.13. The van der Waals surface area contributed by atoms with Crippen molar-refractivity contribution < 1.29 is 9.53 Å². The maximum absolute atomic E-state index is 11.9. The zero-order valence-corrected chi connectivity index (χ0v) is 10.9. The third kappa shape index (κ3) is 2.57. The number of carbonyl (C=O) groups excluding carboxylic acids is 1. The van der Waals surface area contributed by atoms with Crippen LogP contribution in [0.3, 0.4) is 0 Å². The first kappa shape index (κ1) is 13.1. The van der Waals surface area contributed by atoms with E-state index in [1.807, 2.05) is 19.2 Å². The highest BCUT2D eigenvalue weighted by molar-refractivity contribution is 7.98. The van der Waals surface area contributed by atoms with Gasteiger partial charge >= 0.3 is 0 Å². The van der Waals surface area contributed by atoms with E-state index in [9.17, 15) is 4.79 Å². The predicted octanol–water partition coefficient (Wildman–Crippen LogP) is 2.26. The van der Waals surface area contributed by atoms with E-state index in [0.717, 1.165) is 16.2 Å². The Balaban J connectivity index is 3.30. The molecule has 88 valence electrons. The summed E-state index contributed by atoms with van der Waals surface area (Å²) in [6, 6.07) is 3.24. The molecule has 0 radical (unpaired) electrons. The van der Waals surface area contributed by atoms with Gasteiger partial charge < -0.3 is 10.5 Å². The van der Waals surface area contributed by atoms with Crippen LogP contribution in [0.5, 0.6) is 5.75 Å². The van der Waals surface area contributed by atoms with E-state index in [0.29, 0.717) is 5.56 Å². The molecule has 1 unspecified atom stereocenters. The van der Waals surface area contributed by atoms with Crippen molar-refractivity contribution in [2.75, 3.05) is 13.4 Å². The van der Waals surface area contributed by atoms with Gasteiger partial charge in [-0.15, -0.1) is 11.8 Å². The van der Waals surface area contributed by atoms with E-state index in [1.165, 1.54) is 0 Å². The molecule has 0 aliphatic rings. The zero-order valence-electron chi connectivity index (χ0n) is 10.0. The number of aryl methyl sites for hydroxylation is 1. The minimum atomic E-state index is -0.488. The summed E-state index contributed by atoms with van der Waals surface area (Å²) in [6.45, 7) is 3.65. The lowest BCUT2D eigenvalue weighted by molar-refractivity contribution is 0.0964. The van der Waals surface area contributed by atoms with E-state index in [4.69, 9.17) is 10.5 Å².